The number of rotatable bonds is 3. The van der Waals surface area contributed by atoms with Crippen molar-refractivity contribution in [2.24, 2.45) is 0 Å². The third-order valence-electron chi connectivity index (χ3n) is 4.70. The smallest absolute Gasteiger partial charge is 0.332 e. The fraction of sp³-hybridized carbons (Fsp3) is 0.733. The molecule has 3 heterocycles. The number of hydrogen-bond acceptors (Lipinski definition) is 8. The Kier molecular flexibility index (Phi) is 3.88. The summed E-state index contributed by atoms with van der Waals surface area (Å²) in [5.74, 6) is 0.629. The largest absolute Gasteiger partial charge is 0.388 e. The van der Waals surface area contributed by atoms with E-state index in [0.29, 0.717) is 45.0 Å². The summed E-state index contributed by atoms with van der Waals surface area (Å²) in [6.07, 6.45) is 1.13. The van der Waals surface area contributed by atoms with Crippen molar-refractivity contribution < 1.29 is 15.1 Å². The monoisotopic (exact) mass is 337 g/mol. The third kappa shape index (κ3) is 3.13. The molecule has 24 heavy (non-hydrogen) atoms. The molecule has 0 radical (unpaired) electrons. The summed E-state index contributed by atoms with van der Waals surface area (Å²) >= 11 is 0. The van der Waals surface area contributed by atoms with E-state index < -0.39 is 16.1 Å². The molecule has 2 saturated heterocycles. The van der Waals surface area contributed by atoms with Crippen LogP contribution in [0.3, 0.4) is 0 Å². The highest BCUT2D eigenvalue weighted by atomic mass is 16.6. The molecule has 1 aromatic rings. The molecule has 9 nitrogen and oxygen atoms in total. The van der Waals surface area contributed by atoms with E-state index in [1.165, 1.54) is 0 Å². The summed E-state index contributed by atoms with van der Waals surface area (Å²) in [4.78, 5) is 23.3. The lowest BCUT2D eigenvalue weighted by Gasteiger charge is -2.23. The first kappa shape index (κ1) is 16.8. The van der Waals surface area contributed by atoms with Crippen LogP contribution in [0.15, 0.2) is 0 Å². The molecule has 2 unspecified atom stereocenters. The van der Waals surface area contributed by atoms with E-state index in [0.717, 1.165) is 0 Å². The van der Waals surface area contributed by atoms with Crippen molar-refractivity contribution in [3.8, 4) is 0 Å². The standard InChI is InChI=1S/C15H23N5O4/c1-10-11(20(23)24)12(18-6-4-14(2,21)8-18)17-13(16-10)19-7-5-15(3,22)9-19/h21-22H,4-9H2,1-3H3. The van der Waals surface area contributed by atoms with Crippen LogP contribution >= 0.6 is 0 Å². The molecule has 0 bridgehead atoms. The van der Waals surface area contributed by atoms with Gasteiger partial charge in [-0.2, -0.15) is 4.98 Å². The van der Waals surface area contributed by atoms with Crippen LogP contribution in [0.25, 0.3) is 0 Å². The van der Waals surface area contributed by atoms with E-state index in [-0.39, 0.29) is 17.2 Å². The number of nitro groups is 1. The van der Waals surface area contributed by atoms with Crippen LogP contribution in [0.1, 0.15) is 32.4 Å². The van der Waals surface area contributed by atoms with Crippen molar-refractivity contribution in [2.75, 3.05) is 36.0 Å². The van der Waals surface area contributed by atoms with Crippen molar-refractivity contribution in [2.45, 2.75) is 44.8 Å². The van der Waals surface area contributed by atoms with Crippen LogP contribution in [0.4, 0.5) is 17.5 Å². The second-order valence-electron chi connectivity index (χ2n) is 7.38. The Bertz CT molecular complexity index is 676. The molecular formula is C15H23N5O4. The number of hydrogen-bond donors (Lipinski definition) is 2. The third-order valence-corrected chi connectivity index (χ3v) is 4.70. The van der Waals surface area contributed by atoms with E-state index >= 15 is 0 Å². The number of nitrogens with zero attached hydrogens (tertiary/aromatic N) is 5. The summed E-state index contributed by atoms with van der Waals surface area (Å²) in [6.45, 7) is 6.84. The van der Waals surface area contributed by atoms with Crippen molar-refractivity contribution in [1.82, 2.24) is 9.97 Å². The Morgan fingerprint density at radius 1 is 1.08 bits per heavy atom. The van der Waals surface area contributed by atoms with Gasteiger partial charge in [0.2, 0.25) is 11.8 Å². The summed E-state index contributed by atoms with van der Waals surface area (Å²) < 4.78 is 0. The van der Waals surface area contributed by atoms with Crippen LogP contribution in [-0.2, 0) is 0 Å². The topological polar surface area (TPSA) is 116 Å². The minimum absolute atomic E-state index is 0.123. The second-order valence-corrected chi connectivity index (χ2v) is 7.38. The predicted molar refractivity (Wildman–Crippen MR) is 88.3 cm³/mol. The second kappa shape index (κ2) is 5.52. The Labute approximate surface area is 140 Å². The Morgan fingerprint density at radius 3 is 2.08 bits per heavy atom. The molecule has 0 spiro atoms. The van der Waals surface area contributed by atoms with Crippen LogP contribution < -0.4 is 9.80 Å². The molecule has 0 aromatic carbocycles. The number of anilines is 2. The van der Waals surface area contributed by atoms with Gasteiger partial charge in [-0.1, -0.05) is 0 Å². The fourth-order valence-electron chi connectivity index (χ4n) is 3.35. The van der Waals surface area contributed by atoms with Crippen molar-refractivity contribution in [1.29, 1.82) is 0 Å². The Balaban J connectivity index is 2.01. The molecule has 9 heteroatoms. The zero-order valence-electron chi connectivity index (χ0n) is 14.2. The number of aliphatic hydroxyl groups is 2. The summed E-state index contributed by atoms with van der Waals surface area (Å²) in [5, 5.41) is 31.8. The first-order valence-electron chi connectivity index (χ1n) is 8.06. The molecule has 2 aliphatic heterocycles. The lowest BCUT2D eigenvalue weighted by atomic mass is 10.1. The van der Waals surface area contributed by atoms with Gasteiger partial charge in [0.05, 0.1) is 16.1 Å². The molecule has 0 aliphatic carbocycles. The number of aromatic nitrogens is 2. The van der Waals surface area contributed by atoms with Gasteiger partial charge in [-0.15, -0.1) is 0 Å². The Morgan fingerprint density at radius 2 is 1.62 bits per heavy atom. The van der Waals surface area contributed by atoms with E-state index in [1.807, 2.05) is 4.90 Å². The Hall–Kier alpha value is -2.00. The predicted octanol–water partition coefficient (Wildman–Crippen LogP) is 0.615. The SMILES string of the molecule is Cc1nc(N2CCC(C)(O)C2)nc(N2CCC(C)(O)C2)c1[N+](=O)[O-]. The average Bonchev–Trinajstić information content (AvgIpc) is 2.99. The molecule has 132 valence electrons. The molecular weight excluding hydrogens is 314 g/mol. The van der Waals surface area contributed by atoms with Crippen LogP contribution in [0.5, 0.6) is 0 Å². The zero-order valence-corrected chi connectivity index (χ0v) is 14.2. The van der Waals surface area contributed by atoms with Gasteiger partial charge in [-0.3, -0.25) is 10.1 Å². The van der Waals surface area contributed by atoms with Gasteiger partial charge in [0.1, 0.15) is 5.69 Å². The van der Waals surface area contributed by atoms with Crippen LogP contribution in [0.2, 0.25) is 0 Å². The summed E-state index contributed by atoms with van der Waals surface area (Å²) in [7, 11) is 0. The molecule has 0 amide bonds. The number of aryl methyl sites for hydroxylation is 1. The molecule has 2 fully saturated rings. The highest BCUT2D eigenvalue weighted by molar-refractivity contribution is 5.63. The minimum Gasteiger partial charge on any atom is -0.388 e. The quantitative estimate of drug-likeness (QED) is 0.609. The minimum atomic E-state index is -0.885. The van der Waals surface area contributed by atoms with Gasteiger partial charge >= 0.3 is 5.69 Å². The maximum atomic E-state index is 11.5. The van der Waals surface area contributed by atoms with Crippen LogP contribution in [0, 0.1) is 17.0 Å². The molecule has 1 aromatic heterocycles. The van der Waals surface area contributed by atoms with E-state index in [1.54, 1.807) is 25.7 Å². The average molecular weight is 337 g/mol. The van der Waals surface area contributed by atoms with Gasteiger partial charge in [-0.05, 0) is 33.6 Å². The lowest BCUT2D eigenvalue weighted by molar-refractivity contribution is -0.385. The van der Waals surface area contributed by atoms with Crippen LogP contribution in [-0.4, -0.2) is 62.5 Å². The highest BCUT2D eigenvalue weighted by Gasteiger charge is 2.38. The first-order chi connectivity index (χ1) is 11.1. The van der Waals surface area contributed by atoms with Gasteiger partial charge in [0.15, 0.2) is 0 Å². The van der Waals surface area contributed by atoms with Gasteiger partial charge in [0, 0.05) is 26.2 Å². The van der Waals surface area contributed by atoms with E-state index in [2.05, 4.69) is 9.97 Å². The maximum Gasteiger partial charge on any atom is 0.332 e. The summed E-state index contributed by atoms with van der Waals surface area (Å²) in [5.41, 5.74) is -1.53. The van der Waals surface area contributed by atoms with E-state index in [4.69, 9.17) is 0 Å². The molecule has 2 N–H and O–H groups in total. The van der Waals surface area contributed by atoms with E-state index in [9.17, 15) is 20.3 Å². The van der Waals surface area contributed by atoms with Gasteiger partial charge in [-0.25, -0.2) is 4.98 Å². The maximum absolute atomic E-state index is 11.5. The number of β-amino-alcohol motifs (C(OH)–C–C–N with tert-alkyl or cyclic N) is 2. The fourth-order valence-corrected chi connectivity index (χ4v) is 3.35. The zero-order chi connectivity index (χ0) is 17.7. The van der Waals surface area contributed by atoms with Crippen molar-refractivity contribution >= 4 is 17.5 Å². The van der Waals surface area contributed by atoms with Gasteiger partial charge in [0.25, 0.3) is 0 Å². The van der Waals surface area contributed by atoms with Crippen molar-refractivity contribution in [3.05, 3.63) is 15.8 Å². The lowest BCUT2D eigenvalue weighted by Crippen LogP contribution is -2.33. The molecule has 2 atom stereocenters. The molecule has 0 saturated carbocycles. The normalized spacial score (nSPS) is 30.2. The molecule has 3 rings (SSSR count). The molecule has 2 aliphatic rings. The van der Waals surface area contributed by atoms with Gasteiger partial charge < -0.3 is 20.0 Å². The van der Waals surface area contributed by atoms with Crippen molar-refractivity contribution in [3.63, 3.8) is 0 Å². The first-order valence-corrected chi connectivity index (χ1v) is 8.06. The highest BCUT2D eigenvalue weighted by Crippen LogP contribution is 2.36. The summed E-state index contributed by atoms with van der Waals surface area (Å²) in [6, 6.07) is 0.